The van der Waals surface area contributed by atoms with Gasteiger partial charge in [-0.3, -0.25) is 19.1 Å². The Morgan fingerprint density at radius 2 is 1.69 bits per heavy atom. The van der Waals surface area contributed by atoms with Crippen molar-refractivity contribution in [3.63, 3.8) is 0 Å². The van der Waals surface area contributed by atoms with Gasteiger partial charge in [0.25, 0.3) is 5.91 Å². The van der Waals surface area contributed by atoms with Crippen LogP contribution in [0.5, 0.6) is 5.75 Å². The van der Waals surface area contributed by atoms with E-state index in [0.717, 1.165) is 87.2 Å². The molecule has 2 aliphatic heterocycles. The first-order valence-electron chi connectivity index (χ1n) is 20.4. The number of carbonyl (C=O) groups is 4. The van der Waals surface area contributed by atoms with Gasteiger partial charge in [0.2, 0.25) is 21.8 Å². The predicted octanol–water partition coefficient (Wildman–Crippen LogP) is 4.82. The number of nitrogens with zero attached hydrogens (tertiary/aromatic N) is 2. The summed E-state index contributed by atoms with van der Waals surface area (Å²) in [7, 11) is -3.88. The smallest absolute Gasteiger partial charge is 0.408 e. The van der Waals surface area contributed by atoms with Gasteiger partial charge in [0, 0.05) is 17.7 Å². The Morgan fingerprint density at radius 1 is 0.945 bits per heavy atom. The number of sulfonamides is 1. The Morgan fingerprint density at radius 3 is 2.45 bits per heavy atom. The molecule has 1 aromatic heterocycles. The maximum atomic E-state index is 14.8. The molecule has 13 nitrogen and oxygen atoms in total. The fourth-order valence-corrected chi connectivity index (χ4v) is 10.9. The molecule has 2 bridgehead atoms. The van der Waals surface area contributed by atoms with Crippen molar-refractivity contribution in [1.29, 1.82) is 0 Å². The molecule has 4 amide bonds. The van der Waals surface area contributed by atoms with Crippen molar-refractivity contribution in [2.75, 3.05) is 6.54 Å². The first-order chi connectivity index (χ1) is 26.5. The molecule has 55 heavy (non-hydrogen) atoms. The van der Waals surface area contributed by atoms with E-state index in [-0.39, 0.29) is 37.3 Å². The molecule has 4 saturated carbocycles. The molecule has 14 heteroatoms. The molecule has 296 valence electrons. The number of nitrogens with one attached hydrogen (secondary N) is 3. The summed E-state index contributed by atoms with van der Waals surface area (Å²) in [5.74, 6) is -1.54. The second kappa shape index (κ2) is 15.4. The van der Waals surface area contributed by atoms with Crippen LogP contribution in [0.1, 0.15) is 102 Å². The second-order valence-electron chi connectivity index (χ2n) is 16.7. The Kier molecular flexibility index (Phi) is 10.5. The Hall–Kier alpha value is -4.20. The van der Waals surface area contributed by atoms with Crippen LogP contribution in [0.2, 0.25) is 0 Å². The highest BCUT2D eigenvalue weighted by Crippen LogP contribution is 2.46. The van der Waals surface area contributed by atoms with Crippen molar-refractivity contribution in [3.05, 3.63) is 48.7 Å². The van der Waals surface area contributed by atoms with Gasteiger partial charge in [-0.1, -0.05) is 50.0 Å². The number of alkyl carbamates (subject to hydrolysis) is 1. The number of carbonyl (C=O) groups excluding carboxylic acids is 4. The molecule has 3 heterocycles. The van der Waals surface area contributed by atoms with Crippen LogP contribution < -0.4 is 20.1 Å². The monoisotopic (exact) mass is 775 g/mol. The van der Waals surface area contributed by atoms with Gasteiger partial charge in [0.15, 0.2) is 0 Å². The first kappa shape index (κ1) is 37.7. The Labute approximate surface area is 322 Å². The standard InChI is InChI=1S/C41H53N5O8S/c1-2-28-23-41(28,39(49)45-55(51,52)30-19-20-30)44-37(47)33-22-29-24-46(33)38(48)36(26-12-6-7-13-26)43-40(50)54-34-18-10-15-25(34)11-4-3-5-17-32-35(53-29)21-27-14-8-9-16-31(27)42-32/h2,8-9,14,16,21,25-26,28-30,33-34,36H,1,3-7,10-13,15,17-20,22-24H2,(H,43,50)(H,44,47)(H,45,49)/t25-,28+,29+,33-,34-,36-,41+/m0/s1. The van der Waals surface area contributed by atoms with E-state index >= 15 is 0 Å². The zero-order chi connectivity index (χ0) is 38.3. The SMILES string of the molecule is C=C[C@@H]1C[C@]1(NC(=O)[C@@H]1C[C@@H]2CN1C(=O)[C@H](C1CCCC1)NC(=O)O[C@H]1CCC[C@@H]1CCCCCc1nc3ccccc3cc1O2)C(=O)NS(=O)(=O)C1CC1. The summed E-state index contributed by atoms with van der Waals surface area (Å²) in [6.07, 6.45) is 12.0. The molecule has 0 unspecified atom stereocenters. The van der Waals surface area contributed by atoms with Crippen LogP contribution in [0.3, 0.4) is 0 Å². The molecular weight excluding hydrogens is 723 g/mol. The average Bonchev–Trinajstić information content (AvgIpc) is 3.95. The van der Waals surface area contributed by atoms with Crippen molar-refractivity contribution in [2.24, 2.45) is 17.8 Å². The molecule has 3 N–H and O–H groups in total. The number of aromatic nitrogens is 1. The third-order valence-corrected chi connectivity index (χ3v) is 14.7. The summed E-state index contributed by atoms with van der Waals surface area (Å²) in [6, 6.07) is 7.87. The minimum atomic E-state index is -3.88. The highest BCUT2D eigenvalue weighted by atomic mass is 32.2. The Balaban J connectivity index is 1.12. The van der Waals surface area contributed by atoms with E-state index in [1.165, 1.54) is 4.90 Å². The normalized spacial score (nSPS) is 31.9. The fourth-order valence-electron chi connectivity index (χ4n) is 9.50. The summed E-state index contributed by atoms with van der Waals surface area (Å²) in [5.41, 5.74) is 0.172. The van der Waals surface area contributed by atoms with Crippen molar-refractivity contribution < 1.29 is 37.1 Å². The molecule has 2 aromatic rings. The zero-order valence-electron chi connectivity index (χ0n) is 31.4. The number of benzene rings is 1. The number of amides is 4. The van der Waals surface area contributed by atoms with E-state index in [1.54, 1.807) is 6.08 Å². The van der Waals surface area contributed by atoms with Crippen molar-refractivity contribution in [3.8, 4) is 5.75 Å². The topological polar surface area (TPSA) is 173 Å². The predicted molar refractivity (Wildman–Crippen MR) is 204 cm³/mol. The van der Waals surface area contributed by atoms with E-state index in [1.807, 2.05) is 30.3 Å². The van der Waals surface area contributed by atoms with Crippen LogP contribution in [0.15, 0.2) is 43.0 Å². The highest BCUT2D eigenvalue weighted by Gasteiger charge is 2.62. The third-order valence-electron chi connectivity index (χ3n) is 12.9. The van der Waals surface area contributed by atoms with E-state index in [2.05, 4.69) is 21.9 Å². The lowest BCUT2D eigenvalue weighted by Crippen LogP contribution is -2.59. The van der Waals surface area contributed by atoms with Crippen LogP contribution in [-0.2, 0) is 35.6 Å². The highest BCUT2D eigenvalue weighted by molar-refractivity contribution is 7.91. The molecule has 4 aliphatic carbocycles. The minimum absolute atomic E-state index is 0.0635. The largest absolute Gasteiger partial charge is 0.487 e. The maximum Gasteiger partial charge on any atom is 0.408 e. The molecule has 0 radical (unpaired) electrons. The summed E-state index contributed by atoms with van der Waals surface area (Å²) < 4.78 is 40.5. The first-order valence-corrected chi connectivity index (χ1v) is 21.9. The van der Waals surface area contributed by atoms with E-state index < -0.39 is 68.7 Å². The van der Waals surface area contributed by atoms with Crippen molar-refractivity contribution in [1.82, 2.24) is 25.2 Å². The summed E-state index contributed by atoms with van der Waals surface area (Å²) in [6.45, 7) is 3.88. The van der Waals surface area contributed by atoms with E-state index in [9.17, 15) is 27.6 Å². The Bertz CT molecular complexity index is 1950. The lowest BCUT2D eigenvalue weighted by molar-refractivity contribution is -0.142. The molecule has 0 spiro atoms. The molecular formula is C41H53N5O8S. The zero-order valence-corrected chi connectivity index (χ0v) is 32.2. The molecule has 1 aromatic carbocycles. The number of ether oxygens (including phenoxy) is 2. The fraction of sp³-hybridized carbons (Fsp3) is 0.634. The number of fused-ring (bicyclic) bond motifs is 5. The number of rotatable bonds is 7. The van der Waals surface area contributed by atoms with Gasteiger partial charge in [0.1, 0.15) is 35.6 Å². The van der Waals surface area contributed by atoms with Gasteiger partial charge < -0.3 is 25.0 Å². The lowest BCUT2D eigenvalue weighted by atomic mass is 9.96. The number of para-hydroxylation sites is 1. The van der Waals surface area contributed by atoms with E-state index in [4.69, 9.17) is 14.5 Å². The number of hydrogen-bond acceptors (Lipinski definition) is 9. The summed E-state index contributed by atoms with van der Waals surface area (Å²) in [5, 5.41) is 6.13. The molecule has 1 saturated heterocycles. The van der Waals surface area contributed by atoms with Crippen LogP contribution in [0.25, 0.3) is 10.9 Å². The summed E-state index contributed by atoms with van der Waals surface area (Å²) >= 11 is 0. The van der Waals surface area contributed by atoms with Crippen LogP contribution in [0.4, 0.5) is 4.79 Å². The molecule has 8 rings (SSSR count). The quantitative estimate of drug-likeness (QED) is 0.334. The van der Waals surface area contributed by atoms with Gasteiger partial charge >= 0.3 is 6.09 Å². The van der Waals surface area contributed by atoms with Gasteiger partial charge in [-0.15, -0.1) is 6.58 Å². The number of hydrogen-bond donors (Lipinski definition) is 3. The number of aryl methyl sites for hydroxylation is 1. The maximum absolute atomic E-state index is 14.8. The summed E-state index contributed by atoms with van der Waals surface area (Å²) in [4.78, 5) is 63.0. The van der Waals surface area contributed by atoms with E-state index in [0.29, 0.717) is 25.0 Å². The minimum Gasteiger partial charge on any atom is -0.487 e. The van der Waals surface area contributed by atoms with Crippen molar-refractivity contribution >= 4 is 44.7 Å². The van der Waals surface area contributed by atoms with Gasteiger partial charge in [-0.25, -0.2) is 18.2 Å². The third kappa shape index (κ3) is 7.93. The van der Waals surface area contributed by atoms with Gasteiger partial charge in [0.05, 0.1) is 23.0 Å². The van der Waals surface area contributed by atoms with Gasteiger partial charge in [-0.05, 0) is 94.6 Å². The molecule has 6 aliphatic rings. The van der Waals surface area contributed by atoms with Crippen LogP contribution >= 0.6 is 0 Å². The second-order valence-corrected chi connectivity index (χ2v) is 18.7. The van der Waals surface area contributed by atoms with Crippen molar-refractivity contribution in [2.45, 2.75) is 138 Å². The number of pyridine rings is 1. The van der Waals surface area contributed by atoms with Gasteiger partial charge in [-0.2, -0.15) is 0 Å². The lowest BCUT2D eigenvalue weighted by Gasteiger charge is -2.32. The molecule has 5 fully saturated rings. The van der Waals surface area contributed by atoms with Crippen LogP contribution in [-0.4, -0.2) is 83.7 Å². The average molecular weight is 776 g/mol. The van der Waals surface area contributed by atoms with Crippen LogP contribution in [0, 0.1) is 17.8 Å². The molecule has 7 atom stereocenters.